The van der Waals surface area contributed by atoms with Gasteiger partial charge < -0.3 is 14.5 Å². The Morgan fingerprint density at radius 3 is 2.30 bits per heavy atom. The van der Waals surface area contributed by atoms with E-state index in [0.717, 1.165) is 22.8 Å². The fourth-order valence-electron chi connectivity index (χ4n) is 2.67. The average Bonchev–Trinajstić information content (AvgIpc) is 3.16. The van der Waals surface area contributed by atoms with Crippen LogP contribution in [0.2, 0.25) is 0 Å². The zero-order valence-corrected chi connectivity index (χ0v) is 15.3. The number of nitrogens with one attached hydrogen (secondary N) is 1. The van der Waals surface area contributed by atoms with E-state index in [1.54, 1.807) is 31.4 Å². The summed E-state index contributed by atoms with van der Waals surface area (Å²) in [7, 11) is 1.63. The molecule has 1 aromatic heterocycles. The summed E-state index contributed by atoms with van der Waals surface area (Å²) < 4.78 is 11.0. The number of rotatable bonds is 7. The summed E-state index contributed by atoms with van der Waals surface area (Å²) in [4.78, 5) is 23.4. The number of aryl methyl sites for hydroxylation is 1. The number of hydrogen-bond donors (Lipinski definition) is 1. The zero-order chi connectivity index (χ0) is 19.2. The van der Waals surface area contributed by atoms with E-state index in [4.69, 9.17) is 9.15 Å². The first kappa shape index (κ1) is 18.5. The first-order chi connectivity index (χ1) is 13.0. The summed E-state index contributed by atoms with van der Waals surface area (Å²) >= 11 is 0. The fourth-order valence-corrected chi connectivity index (χ4v) is 2.67. The molecule has 0 unspecified atom stereocenters. The minimum absolute atomic E-state index is 0.00152. The lowest BCUT2D eigenvalue weighted by molar-refractivity contribution is -0.116. The van der Waals surface area contributed by atoms with Crippen LogP contribution in [0.5, 0.6) is 5.75 Å². The Hall–Kier alpha value is -3.34. The quantitative estimate of drug-likeness (QED) is 0.616. The molecule has 5 nitrogen and oxygen atoms in total. The number of benzene rings is 2. The Labute approximate surface area is 158 Å². The van der Waals surface area contributed by atoms with Gasteiger partial charge in [0.2, 0.25) is 5.91 Å². The number of furan rings is 1. The molecular formula is C22H21NO4. The molecule has 0 spiro atoms. The van der Waals surface area contributed by atoms with Crippen molar-refractivity contribution in [3.63, 3.8) is 0 Å². The molecule has 1 N–H and O–H groups in total. The number of amides is 1. The Bertz CT molecular complexity index is 924. The van der Waals surface area contributed by atoms with Crippen LogP contribution in [-0.4, -0.2) is 18.8 Å². The van der Waals surface area contributed by atoms with Gasteiger partial charge in [-0.1, -0.05) is 0 Å². The van der Waals surface area contributed by atoms with E-state index in [9.17, 15) is 9.59 Å². The summed E-state index contributed by atoms with van der Waals surface area (Å²) in [6.07, 6.45) is 0.817. The van der Waals surface area contributed by atoms with Crippen molar-refractivity contribution in [2.24, 2.45) is 0 Å². The lowest BCUT2D eigenvalue weighted by Crippen LogP contribution is -2.12. The molecule has 27 heavy (non-hydrogen) atoms. The van der Waals surface area contributed by atoms with Gasteiger partial charge in [-0.3, -0.25) is 9.59 Å². The SMILES string of the molecule is COc1ccc(-c2ccc(CCC(=O)Nc3ccc(C(C)=O)cc3)o2)cc1. The molecule has 0 bridgehead atoms. The Morgan fingerprint density at radius 2 is 1.67 bits per heavy atom. The maximum atomic E-state index is 12.1. The third kappa shape index (κ3) is 4.85. The van der Waals surface area contributed by atoms with Crippen molar-refractivity contribution in [1.29, 1.82) is 0 Å². The minimum Gasteiger partial charge on any atom is -0.497 e. The lowest BCUT2D eigenvalue weighted by atomic mass is 10.1. The van der Waals surface area contributed by atoms with Crippen molar-refractivity contribution in [2.75, 3.05) is 12.4 Å². The first-order valence-corrected chi connectivity index (χ1v) is 8.69. The molecular weight excluding hydrogens is 342 g/mol. The average molecular weight is 363 g/mol. The van der Waals surface area contributed by atoms with Gasteiger partial charge in [-0.05, 0) is 67.6 Å². The molecule has 0 aliphatic rings. The summed E-state index contributed by atoms with van der Waals surface area (Å²) in [6, 6.07) is 18.2. The molecule has 3 rings (SSSR count). The summed E-state index contributed by atoms with van der Waals surface area (Å²) in [5, 5.41) is 2.82. The zero-order valence-electron chi connectivity index (χ0n) is 15.3. The third-order valence-electron chi connectivity index (χ3n) is 4.21. The summed E-state index contributed by atoms with van der Waals surface area (Å²) in [5.41, 5.74) is 2.25. The molecule has 0 saturated heterocycles. The Balaban J connectivity index is 1.54. The molecule has 5 heteroatoms. The molecule has 0 aliphatic heterocycles. The molecule has 1 heterocycles. The Morgan fingerprint density at radius 1 is 0.963 bits per heavy atom. The summed E-state index contributed by atoms with van der Waals surface area (Å²) in [5.74, 6) is 2.20. The second kappa shape index (κ2) is 8.36. The van der Waals surface area contributed by atoms with Crippen LogP contribution in [0.1, 0.15) is 29.5 Å². The second-order valence-corrected chi connectivity index (χ2v) is 6.18. The van der Waals surface area contributed by atoms with Crippen molar-refractivity contribution in [2.45, 2.75) is 19.8 Å². The van der Waals surface area contributed by atoms with Gasteiger partial charge in [-0.2, -0.15) is 0 Å². The molecule has 2 aromatic carbocycles. The highest BCUT2D eigenvalue weighted by atomic mass is 16.5. The van der Waals surface area contributed by atoms with E-state index in [1.807, 2.05) is 36.4 Å². The number of methoxy groups -OCH3 is 1. The van der Waals surface area contributed by atoms with Crippen molar-refractivity contribution >= 4 is 17.4 Å². The smallest absolute Gasteiger partial charge is 0.224 e. The number of ketones is 1. The van der Waals surface area contributed by atoms with E-state index in [1.165, 1.54) is 6.92 Å². The maximum Gasteiger partial charge on any atom is 0.224 e. The fraction of sp³-hybridized carbons (Fsp3) is 0.182. The van der Waals surface area contributed by atoms with Crippen LogP contribution < -0.4 is 10.1 Å². The number of anilines is 1. The molecule has 0 fully saturated rings. The molecule has 0 radical (unpaired) electrons. The molecule has 138 valence electrons. The van der Waals surface area contributed by atoms with Crippen LogP contribution in [0.3, 0.4) is 0 Å². The van der Waals surface area contributed by atoms with Gasteiger partial charge in [-0.15, -0.1) is 0 Å². The third-order valence-corrected chi connectivity index (χ3v) is 4.21. The predicted octanol–water partition coefficient (Wildman–Crippen LogP) is 4.73. The maximum absolute atomic E-state index is 12.1. The van der Waals surface area contributed by atoms with E-state index < -0.39 is 0 Å². The van der Waals surface area contributed by atoms with Crippen LogP contribution in [-0.2, 0) is 11.2 Å². The highest BCUT2D eigenvalue weighted by Gasteiger charge is 2.09. The van der Waals surface area contributed by atoms with Gasteiger partial charge in [0.25, 0.3) is 0 Å². The van der Waals surface area contributed by atoms with Crippen molar-refractivity contribution in [1.82, 2.24) is 0 Å². The number of hydrogen-bond acceptors (Lipinski definition) is 4. The highest BCUT2D eigenvalue weighted by Crippen LogP contribution is 2.25. The topological polar surface area (TPSA) is 68.5 Å². The van der Waals surface area contributed by atoms with Crippen molar-refractivity contribution < 1.29 is 18.7 Å². The second-order valence-electron chi connectivity index (χ2n) is 6.18. The van der Waals surface area contributed by atoms with E-state index in [2.05, 4.69) is 5.32 Å². The van der Waals surface area contributed by atoms with E-state index in [-0.39, 0.29) is 11.7 Å². The Kier molecular flexibility index (Phi) is 5.71. The van der Waals surface area contributed by atoms with E-state index in [0.29, 0.717) is 24.1 Å². The van der Waals surface area contributed by atoms with Gasteiger partial charge in [-0.25, -0.2) is 0 Å². The van der Waals surface area contributed by atoms with Crippen LogP contribution in [0.4, 0.5) is 5.69 Å². The van der Waals surface area contributed by atoms with Gasteiger partial charge in [0, 0.05) is 29.7 Å². The van der Waals surface area contributed by atoms with Crippen molar-refractivity contribution in [3.05, 3.63) is 72.0 Å². The predicted molar refractivity (Wildman–Crippen MR) is 104 cm³/mol. The molecule has 0 atom stereocenters. The van der Waals surface area contributed by atoms with Gasteiger partial charge >= 0.3 is 0 Å². The number of carbonyl (C=O) groups excluding carboxylic acids is 2. The first-order valence-electron chi connectivity index (χ1n) is 8.69. The molecule has 1 amide bonds. The van der Waals surface area contributed by atoms with Crippen LogP contribution in [0.25, 0.3) is 11.3 Å². The van der Waals surface area contributed by atoms with Gasteiger partial charge in [0.1, 0.15) is 17.3 Å². The van der Waals surface area contributed by atoms with Crippen LogP contribution >= 0.6 is 0 Å². The van der Waals surface area contributed by atoms with Crippen molar-refractivity contribution in [3.8, 4) is 17.1 Å². The number of carbonyl (C=O) groups is 2. The van der Waals surface area contributed by atoms with Crippen LogP contribution in [0, 0.1) is 0 Å². The minimum atomic E-state index is -0.104. The van der Waals surface area contributed by atoms with Gasteiger partial charge in [0.15, 0.2) is 5.78 Å². The largest absolute Gasteiger partial charge is 0.497 e. The normalized spacial score (nSPS) is 10.4. The lowest BCUT2D eigenvalue weighted by Gasteiger charge is -2.05. The standard InChI is InChI=1S/C22H21NO4/c1-15(24)16-3-7-18(8-4-16)23-22(25)14-12-20-11-13-21(27-20)17-5-9-19(26-2)10-6-17/h3-11,13H,12,14H2,1-2H3,(H,23,25). The van der Waals surface area contributed by atoms with Gasteiger partial charge in [0.05, 0.1) is 7.11 Å². The summed E-state index contributed by atoms with van der Waals surface area (Å²) in [6.45, 7) is 1.51. The van der Waals surface area contributed by atoms with Crippen LogP contribution in [0.15, 0.2) is 65.1 Å². The number of Topliss-reactive ketones (excluding diaryl/α,β-unsaturated/α-hetero) is 1. The molecule has 3 aromatic rings. The van der Waals surface area contributed by atoms with E-state index >= 15 is 0 Å². The molecule has 0 aliphatic carbocycles. The highest BCUT2D eigenvalue weighted by molar-refractivity contribution is 5.95. The number of ether oxygens (including phenoxy) is 1. The molecule has 0 saturated carbocycles. The monoisotopic (exact) mass is 363 g/mol.